The van der Waals surface area contributed by atoms with E-state index in [-0.39, 0.29) is 12.0 Å². The summed E-state index contributed by atoms with van der Waals surface area (Å²) < 4.78 is 5.65. The van der Waals surface area contributed by atoms with Crippen LogP contribution in [0.15, 0.2) is 18.3 Å². The van der Waals surface area contributed by atoms with Gasteiger partial charge in [-0.2, -0.15) is 0 Å². The Bertz CT molecular complexity index is 453. The molecule has 0 aromatic carbocycles. The van der Waals surface area contributed by atoms with Gasteiger partial charge in [0.15, 0.2) is 0 Å². The summed E-state index contributed by atoms with van der Waals surface area (Å²) >= 11 is 0. The van der Waals surface area contributed by atoms with Crippen molar-refractivity contribution in [3.05, 3.63) is 24.0 Å². The number of hydrogen-bond acceptors (Lipinski definition) is 5. The summed E-state index contributed by atoms with van der Waals surface area (Å²) in [6.07, 6.45) is 1.68. The number of nitrogens with one attached hydrogen (secondary N) is 2. The third-order valence-corrected chi connectivity index (χ3v) is 3.44. The number of hydrogen-bond donors (Lipinski definition) is 2. The molecule has 0 bridgehead atoms. The molecule has 1 atom stereocenters. The van der Waals surface area contributed by atoms with E-state index in [0.29, 0.717) is 12.2 Å². The molecule has 0 aliphatic carbocycles. The minimum atomic E-state index is -0.167. The number of anilines is 1. The normalized spacial score (nSPS) is 19.6. The van der Waals surface area contributed by atoms with E-state index in [0.717, 1.165) is 31.9 Å². The maximum absolute atomic E-state index is 12.0. The molecule has 1 unspecified atom stereocenters. The third kappa shape index (κ3) is 3.91. The van der Waals surface area contributed by atoms with Crippen molar-refractivity contribution in [3.8, 4) is 0 Å². The summed E-state index contributed by atoms with van der Waals surface area (Å²) in [5.74, 6) is -0.167. The van der Waals surface area contributed by atoms with Crippen LogP contribution in [0.5, 0.6) is 0 Å². The molecule has 1 aliphatic rings. The predicted octanol–water partition coefficient (Wildman–Crippen LogP) is 0.574. The fourth-order valence-electron chi connectivity index (χ4n) is 2.20. The van der Waals surface area contributed by atoms with Crippen molar-refractivity contribution >= 4 is 11.6 Å². The smallest absolute Gasteiger partial charge is 0.270 e. The Morgan fingerprint density at radius 2 is 2.45 bits per heavy atom. The number of carbonyl (C=O) groups is 1. The largest absolute Gasteiger partial charge is 0.388 e. The Balaban J connectivity index is 1.85. The molecule has 1 aromatic rings. The van der Waals surface area contributed by atoms with E-state index in [1.165, 1.54) is 0 Å². The molecule has 1 amide bonds. The van der Waals surface area contributed by atoms with Gasteiger partial charge < -0.3 is 15.4 Å². The molecular formula is C14H22N4O2. The van der Waals surface area contributed by atoms with E-state index in [2.05, 4.69) is 27.4 Å². The van der Waals surface area contributed by atoms with Crippen LogP contribution < -0.4 is 10.6 Å². The van der Waals surface area contributed by atoms with E-state index < -0.39 is 0 Å². The van der Waals surface area contributed by atoms with Crippen molar-refractivity contribution in [2.75, 3.05) is 45.2 Å². The summed E-state index contributed by atoms with van der Waals surface area (Å²) in [6, 6.07) is 3.55. The summed E-state index contributed by atoms with van der Waals surface area (Å²) in [5, 5.41) is 5.87. The van der Waals surface area contributed by atoms with Crippen molar-refractivity contribution in [3.63, 3.8) is 0 Å². The molecule has 1 fully saturated rings. The highest BCUT2D eigenvalue weighted by molar-refractivity contribution is 5.93. The molecule has 20 heavy (non-hydrogen) atoms. The Morgan fingerprint density at radius 1 is 1.60 bits per heavy atom. The highest BCUT2D eigenvalue weighted by atomic mass is 16.5. The molecule has 6 heteroatoms. The number of rotatable bonds is 5. The number of morpholine rings is 1. The lowest BCUT2D eigenvalue weighted by molar-refractivity contribution is -0.0246. The van der Waals surface area contributed by atoms with Crippen LogP contribution in [-0.2, 0) is 4.74 Å². The summed E-state index contributed by atoms with van der Waals surface area (Å²) in [7, 11) is 1.81. The zero-order valence-corrected chi connectivity index (χ0v) is 12.1. The Kier molecular flexibility index (Phi) is 5.31. The van der Waals surface area contributed by atoms with Crippen LogP contribution in [0.4, 0.5) is 5.69 Å². The first kappa shape index (κ1) is 14.7. The number of ether oxygens (including phenoxy) is 1. The van der Waals surface area contributed by atoms with Gasteiger partial charge >= 0.3 is 0 Å². The number of likely N-dealkylation sites (N-methyl/N-ethyl adjacent to an activating group) is 1. The maximum Gasteiger partial charge on any atom is 0.270 e. The monoisotopic (exact) mass is 278 g/mol. The Hall–Kier alpha value is -1.66. The second-order valence-electron chi connectivity index (χ2n) is 4.78. The molecule has 1 aliphatic heterocycles. The van der Waals surface area contributed by atoms with Crippen molar-refractivity contribution in [2.24, 2.45) is 0 Å². The van der Waals surface area contributed by atoms with E-state index in [1.807, 2.05) is 13.1 Å². The molecule has 2 rings (SSSR count). The lowest BCUT2D eigenvalue weighted by atomic mass is 10.2. The molecular weight excluding hydrogens is 256 g/mol. The van der Waals surface area contributed by atoms with Gasteiger partial charge in [0, 0.05) is 38.6 Å². The molecule has 0 spiro atoms. The number of pyridine rings is 1. The van der Waals surface area contributed by atoms with Gasteiger partial charge in [-0.3, -0.25) is 14.7 Å². The van der Waals surface area contributed by atoms with Gasteiger partial charge in [-0.15, -0.1) is 0 Å². The summed E-state index contributed by atoms with van der Waals surface area (Å²) in [6.45, 7) is 6.21. The zero-order chi connectivity index (χ0) is 14.4. The Labute approximate surface area is 119 Å². The minimum absolute atomic E-state index is 0.0557. The van der Waals surface area contributed by atoms with Crippen LogP contribution in [-0.4, -0.2) is 61.7 Å². The van der Waals surface area contributed by atoms with Crippen LogP contribution in [0.1, 0.15) is 17.4 Å². The lowest BCUT2D eigenvalue weighted by Crippen LogP contribution is -2.47. The summed E-state index contributed by atoms with van der Waals surface area (Å²) in [5.41, 5.74) is 1.29. The van der Waals surface area contributed by atoms with Gasteiger partial charge in [-0.1, -0.05) is 6.92 Å². The topological polar surface area (TPSA) is 66.5 Å². The zero-order valence-electron chi connectivity index (χ0n) is 12.1. The SMILES string of the molecule is CCN1CCOC(CNC(=O)c2cc(NC)ccn2)C1. The van der Waals surface area contributed by atoms with Gasteiger partial charge in [0.1, 0.15) is 5.69 Å². The van der Waals surface area contributed by atoms with Crippen LogP contribution in [0, 0.1) is 0 Å². The maximum atomic E-state index is 12.0. The Morgan fingerprint density at radius 3 is 3.20 bits per heavy atom. The van der Waals surface area contributed by atoms with Gasteiger partial charge in [0.25, 0.3) is 5.91 Å². The van der Waals surface area contributed by atoms with E-state index in [1.54, 1.807) is 12.3 Å². The van der Waals surface area contributed by atoms with Crippen LogP contribution in [0.2, 0.25) is 0 Å². The van der Waals surface area contributed by atoms with Crippen molar-refractivity contribution in [1.29, 1.82) is 0 Å². The van der Waals surface area contributed by atoms with E-state index in [4.69, 9.17) is 4.74 Å². The quantitative estimate of drug-likeness (QED) is 0.824. The second kappa shape index (κ2) is 7.21. The first-order valence-electron chi connectivity index (χ1n) is 6.99. The van der Waals surface area contributed by atoms with E-state index >= 15 is 0 Å². The number of amides is 1. The second-order valence-corrected chi connectivity index (χ2v) is 4.78. The molecule has 2 N–H and O–H groups in total. The van der Waals surface area contributed by atoms with E-state index in [9.17, 15) is 4.79 Å². The number of nitrogens with zero attached hydrogens (tertiary/aromatic N) is 2. The van der Waals surface area contributed by atoms with Gasteiger partial charge in [-0.25, -0.2) is 0 Å². The highest BCUT2D eigenvalue weighted by Gasteiger charge is 2.20. The fraction of sp³-hybridized carbons (Fsp3) is 0.571. The fourth-order valence-corrected chi connectivity index (χ4v) is 2.20. The molecule has 110 valence electrons. The summed E-state index contributed by atoms with van der Waals surface area (Å²) in [4.78, 5) is 18.4. The number of aromatic nitrogens is 1. The number of carbonyl (C=O) groups excluding carboxylic acids is 1. The first-order chi connectivity index (χ1) is 9.72. The van der Waals surface area contributed by atoms with Crippen LogP contribution >= 0.6 is 0 Å². The molecule has 1 saturated heterocycles. The molecule has 1 aromatic heterocycles. The van der Waals surface area contributed by atoms with Crippen molar-refractivity contribution in [1.82, 2.24) is 15.2 Å². The molecule has 0 saturated carbocycles. The lowest BCUT2D eigenvalue weighted by Gasteiger charge is -2.32. The first-order valence-corrected chi connectivity index (χ1v) is 6.99. The van der Waals surface area contributed by atoms with Crippen molar-refractivity contribution in [2.45, 2.75) is 13.0 Å². The standard InChI is InChI=1S/C14H22N4O2/c1-3-18-6-7-20-12(10-18)9-17-14(19)13-8-11(15-2)4-5-16-13/h4-5,8,12H,3,6-7,9-10H2,1-2H3,(H,15,16)(H,17,19). The van der Waals surface area contributed by atoms with Gasteiger partial charge in [0.05, 0.1) is 12.7 Å². The highest BCUT2D eigenvalue weighted by Crippen LogP contribution is 2.07. The minimum Gasteiger partial charge on any atom is -0.388 e. The molecule has 2 heterocycles. The van der Waals surface area contributed by atoms with Gasteiger partial charge in [-0.05, 0) is 18.7 Å². The average Bonchev–Trinajstić information content (AvgIpc) is 2.52. The third-order valence-electron chi connectivity index (χ3n) is 3.44. The van der Waals surface area contributed by atoms with Crippen LogP contribution in [0.3, 0.4) is 0 Å². The average molecular weight is 278 g/mol. The van der Waals surface area contributed by atoms with Crippen LogP contribution in [0.25, 0.3) is 0 Å². The van der Waals surface area contributed by atoms with Crippen molar-refractivity contribution < 1.29 is 9.53 Å². The molecule has 0 radical (unpaired) electrons. The van der Waals surface area contributed by atoms with Gasteiger partial charge in [0.2, 0.25) is 0 Å². The molecule has 6 nitrogen and oxygen atoms in total. The predicted molar refractivity (Wildman–Crippen MR) is 78.0 cm³/mol.